The minimum absolute atomic E-state index is 0.0269. The summed E-state index contributed by atoms with van der Waals surface area (Å²) in [4.78, 5) is 33.0. The number of nitrogens with zero attached hydrogens (tertiary/aromatic N) is 5. The van der Waals surface area contributed by atoms with E-state index in [0.29, 0.717) is 35.5 Å². The van der Waals surface area contributed by atoms with Crippen molar-refractivity contribution >= 4 is 40.8 Å². The summed E-state index contributed by atoms with van der Waals surface area (Å²) in [6.07, 6.45) is 8.90. The minimum atomic E-state index is -0.486. The van der Waals surface area contributed by atoms with Crippen molar-refractivity contribution in [2.24, 2.45) is 11.7 Å². The zero-order chi connectivity index (χ0) is 22.7. The zero-order valence-electron chi connectivity index (χ0n) is 17.9. The van der Waals surface area contributed by atoms with Crippen molar-refractivity contribution in [1.29, 1.82) is 0 Å². The largest absolute Gasteiger partial charge is 0.367 e. The highest BCUT2D eigenvalue weighted by molar-refractivity contribution is 6.43. The molecule has 2 aliphatic rings. The Balaban J connectivity index is 1.26. The van der Waals surface area contributed by atoms with Crippen LogP contribution in [0.4, 0.5) is 10.5 Å². The molecule has 2 heterocycles. The van der Waals surface area contributed by atoms with Crippen LogP contribution in [0.25, 0.3) is 0 Å². The Morgan fingerprint density at radius 2 is 1.81 bits per heavy atom. The molecule has 1 saturated heterocycles. The van der Waals surface area contributed by atoms with Gasteiger partial charge in [0.15, 0.2) is 0 Å². The number of aromatic nitrogens is 2. The number of benzene rings is 1. The number of carbonyl (C=O) groups is 2. The SMILES string of the molecule is NC(=O)N(C1CCC(CC(=O)N2CCN(c3cccc(Cl)c3Cl)CC2)CC1)n1ccnc1. The molecule has 0 unspecified atom stereocenters. The van der Waals surface area contributed by atoms with Crippen LogP contribution in [0, 0.1) is 5.92 Å². The number of nitrogens with two attached hydrogens (primary N) is 1. The Bertz CT molecular complexity index is 938. The predicted octanol–water partition coefficient (Wildman–Crippen LogP) is 3.50. The van der Waals surface area contributed by atoms with Gasteiger partial charge in [-0.25, -0.2) is 19.5 Å². The first-order valence-electron chi connectivity index (χ1n) is 11.0. The van der Waals surface area contributed by atoms with E-state index >= 15 is 0 Å². The molecule has 1 aliphatic heterocycles. The van der Waals surface area contributed by atoms with Gasteiger partial charge in [-0.15, -0.1) is 0 Å². The number of urea groups is 1. The minimum Gasteiger partial charge on any atom is -0.367 e. The summed E-state index contributed by atoms with van der Waals surface area (Å²) in [6.45, 7) is 2.81. The van der Waals surface area contributed by atoms with Gasteiger partial charge in [0.2, 0.25) is 5.91 Å². The summed E-state index contributed by atoms with van der Waals surface area (Å²) >= 11 is 12.5. The fourth-order valence-corrected chi connectivity index (χ4v) is 5.18. The molecule has 10 heteroatoms. The first kappa shape index (κ1) is 22.7. The molecule has 2 N–H and O–H groups in total. The summed E-state index contributed by atoms with van der Waals surface area (Å²) in [5, 5.41) is 2.67. The standard InChI is InChI=1S/C22H28Cl2N6O2/c23-18-2-1-3-19(21(18)24)27-10-12-28(13-11-27)20(31)14-16-4-6-17(7-5-16)30(22(25)32)29-9-8-26-15-29/h1-3,8-9,15-17H,4-7,10-14H2,(H2,25,32). The lowest BCUT2D eigenvalue weighted by Crippen LogP contribution is -2.52. The van der Waals surface area contributed by atoms with Gasteiger partial charge in [0.1, 0.15) is 6.33 Å². The maximum Gasteiger partial charge on any atom is 0.334 e. The zero-order valence-corrected chi connectivity index (χ0v) is 19.4. The highest BCUT2D eigenvalue weighted by Crippen LogP contribution is 2.33. The van der Waals surface area contributed by atoms with Crippen LogP contribution in [0.15, 0.2) is 36.9 Å². The summed E-state index contributed by atoms with van der Waals surface area (Å²) < 4.78 is 1.64. The van der Waals surface area contributed by atoms with Crippen LogP contribution in [0.2, 0.25) is 10.0 Å². The van der Waals surface area contributed by atoms with E-state index in [2.05, 4.69) is 9.88 Å². The van der Waals surface area contributed by atoms with Crippen LogP contribution < -0.4 is 15.6 Å². The van der Waals surface area contributed by atoms with Gasteiger partial charge in [0.25, 0.3) is 0 Å². The molecule has 2 aromatic rings. The van der Waals surface area contributed by atoms with E-state index in [1.165, 1.54) is 0 Å². The first-order valence-corrected chi connectivity index (χ1v) is 11.7. The lowest BCUT2D eigenvalue weighted by Gasteiger charge is -2.38. The van der Waals surface area contributed by atoms with Gasteiger partial charge in [0.05, 0.1) is 21.8 Å². The molecule has 4 rings (SSSR count). The number of hydrogen-bond acceptors (Lipinski definition) is 4. The topological polar surface area (TPSA) is 87.7 Å². The molecule has 0 bridgehead atoms. The van der Waals surface area contributed by atoms with Gasteiger partial charge in [-0.05, 0) is 43.7 Å². The molecule has 0 atom stereocenters. The van der Waals surface area contributed by atoms with Gasteiger partial charge >= 0.3 is 6.03 Å². The third-order valence-electron chi connectivity index (χ3n) is 6.49. The van der Waals surface area contributed by atoms with E-state index in [4.69, 9.17) is 28.9 Å². The van der Waals surface area contributed by atoms with Crippen LogP contribution in [0.1, 0.15) is 32.1 Å². The average molecular weight is 479 g/mol. The summed E-state index contributed by atoms with van der Waals surface area (Å²) in [5.74, 6) is 0.531. The fraction of sp³-hybridized carbons (Fsp3) is 0.500. The summed E-state index contributed by atoms with van der Waals surface area (Å²) in [5.41, 5.74) is 6.52. The average Bonchev–Trinajstić information content (AvgIpc) is 3.31. The summed E-state index contributed by atoms with van der Waals surface area (Å²) in [7, 11) is 0. The Morgan fingerprint density at radius 3 is 2.44 bits per heavy atom. The third-order valence-corrected chi connectivity index (χ3v) is 7.30. The molecule has 8 nitrogen and oxygen atoms in total. The Hall–Kier alpha value is -2.45. The molecule has 0 spiro atoms. The molecule has 1 aromatic heterocycles. The van der Waals surface area contributed by atoms with E-state index < -0.39 is 6.03 Å². The molecule has 1 aromatic carbocycles. The van der Waals surface area contributed by atoms with Crippen molar-refractivity contribution in [2.75, 3.05) is 36.1 Å². The Kier molecular flexibility index (Phi) is 7.10. The molecule has 0 radical (unpaired) electrons. The maximum absolute atomic E-state index is 12.9. The highest BCUT2D eigenvalue weighted by atomic mass is 35.5. The number of imidazole rings is 1. The van der Waals surface area contributed by atoms with Gasteiger partial charge in [-0.1, -0.05) is 29.3 Å². The quantitative estimate of drug-likeness (QED) is 0.711. The number of anilines is 1. The number of carbonyl (C=O) groups excluding carboxylic acids is 2. The lowest BCUT2D eigenvalue weighted by molar-refractivity contribution is -0.132. The molecule has 1 aliphatic carbocycles. The maximum atomic E-state index is 12.9. The van der Waals surface area contributed by atoms with Gasteiger partial charge in [-0.2, -0.15) is 0 Å². The van der Waals surface area contributed by atoms with Gasteiger partial charge in [-0.3, -0.25) is 4.79 Å². The monoisotopic (exact) mass is 478 g/mol. The number of piperazine rings is 1. The fourth-order valence-electron chi connectivity index (χ4n) is 4.76. The van der Waals surface area contributed by atoms with E-state index in [9.17, 15) is 9.59 Å². The van der Waals surface area contributed by atoms with Crippen molar-refractivity contribution < 1.29 is 9.59 Å². The van der Waals surface area contributed by atoms with E-state index in [-0.39, 0.29) is 11.9 Å². The number of amides is 3. The van der Waals surface area contributed by atoms with Crippen LogP contribution in [-0.2, 0) is 4.79 Å². The molecular formula is C22H28Cl2N6O2. The Morgan fingerprint density at radius 1 is 1.09 bits per heavy atom. The van der Waals surface area contributed by atoms with Crippen LogP contribution in [0.3, 0.4) is 0 Å². The van der Waals surface area contributed by atoms with Crippen LogP contribution >= 0.6 is 23.2 Å². The molecule has 172 valence electrons. The van der Waals surface area contributed by atoms with Crippen molar-refractivity contribution in [2.45, 2.75) is 38.1 Å². The second kappa shape index (κ2) is 10.0. The molecule has 3 amide bonds. The van der Waals surface area contributed by atoms with Crippen molar-refractivity contribution in [3.63, 3.8) is 0 Å². The van der Waals surface area contributed by atoms with E-state index in [1.54, 1.807) is 34.5 Å². The van der Waals surface area contributed by atoms with Crippen LogP contribution in [0.5, 0.6) is 0 Å². The summed E-state index contributed by atoms with van der Waals surface area (Å²) in [6, 6.07) is 5.17. The second-order valence-electron chi connectivity index (χ2n) is 8.44. The second-order valence-corrected chi connectivity index (χ2v) is 9.23. The third kappa shape index (κ3) is 4.96. The van der Waals surface area contributed by atoms with Crippen LogP contribution in [-0.4, -0.2) is 58.7 Å². The predicted molar refractivity (Wildman–Crippen MR) is 126 cm³/mol. The van der Waals surface area contributed by atoms with Gasteiger partial charge < -0.3 is 15.5 Å². The smallest absolute Gasteiger partial charge is 0.334 e. The van der Waals surface area contributed by atoms with E-state index in [0.717, 1.165) is 44.5 Å². The van der Waals surface area contributed by atoms with E-state index in [1.807, 2.05) is 17.0 Å². The lowest BCUT2D eigenvalue weighted by atomic mass is 9.83. The highest BCUT2D eigenvalue weighted by Gasteiger charge is 2.31. The van der Waals surface area contributed by atoms with Gasteiger partial charge in [0, 0.05) is 45.0 Å². The normalized spacial score (nSPS) is 21.4. The molecule has 1 saturated carbocycles. The number of hydrogen-bond donors (Lipinski definition) is 1. The van der Waals surface area contributed by atoms with Crippen molar-refractivity contribution in [1.82, 2.24) is 14.6 Å². The number of halogens is 2. The van der Waals surface area contributed by atoms with Crippen molar-refractivity contribution in [3.05, 3.63) is 47.0 Å². The molecular weight excluding hydrogens is 451 g/mol. The Labute approximate surface area is 197 Å². The molecule has 32 heavy (non-hydrogen) atoms. The molecule has 2 fully saturated rings. The van der Waals surface area contributed by atoms with Crippen molar-refractivity contribution in [3.8, 4) is 0 Å². The number of primary amides is 1. The number of rotatable bonds is 5. The first-order chi connectivity index (χ1) is 15.4.